The molecule has 0 aliphatic carbocycles. The summed E-state index contributed by atoms with van der Waals surface area (Å²) in [5.41, 5.74) is -2.40. The van der Waals surface area contributed by atoms with Gasteiger partial charge in [0.05, 0.1) is 0 Å². The molecule has 9 nitrogen and oxygen atoms in total. The van der Waals surface area contributed by atoms with E-state index in [0.29, 0.717) is 4.90 Å². The molecule has 11 heteroatoms. The van der Waals surface area contributed by atoms with E-state index >= 15 is 0 Å². The fourth-order valence-electron chi connectivity index (χ4n) is 1.27. The minimum atomic E-state index is -5.08. The largest absolute Gasteiger partial charge is 0.360 e. The Morgan fingerprint density at radius 1 is 1.20 bits per heavy atom. The first-order chi connectivity index (χ1) is 6.64. The molecule has 88 valence electrons. The first kappa shape index (κ1) is 12.6. The number of carbonyl (C=O) groups is 1. The minimum absolute atomic E-state index is 0.0926. The second-order valence-corrected chi connectivity index (χ2v) is 6.69. The van der Waals surface area contributed by atoms with Gasteiger partial charge in [-0.1, -0.05) is 0 Å². The van der Waals surface area contributed by atoms with Gasteiger partial charge >= 0.3 is 21.2 Å². The molecule has 1 fully saturated rings. The number of amides is 2. The van der Waals surface area contributed by atoms with Crippen LogP contribution in [0.1, 0.15) is 0 Å². The molecular weight excluding hydrogens is 250 g/mol. The lowest BCUT2D eigenvalue weighted by Crippen LogP contribution is -2.37. The number of rotatable bonds is 3. The third-order valence-electron chi connectivity index (χ3n) is 1.77. The van der Waals surface area contributed by atoms with E-state index in [9.17, 15) is 13.9 Å². The number of nitrogens with one attached hydrogen (secondary N) is 1. The summed E-state index contributed by atoms with van der Waals surface area (Å²) in [6.45, 7) is -0.0605. The van der Waals surface area contributed by atoms with Crippen molar-refractivity contribution in [3.63, 3.8) is 0 Å². The topological polar surface area (TPSA) is 147 Å². The van der Waals surface area contributed by atoms with Gasteiger partial charge in [0.1, 0.15) is 0 Å². The van der Waals surface area contributed by atoms with Crippen molar-refractivity contribution in [2.45, 2.75) is 5.52 Å². The highest BCUT2D eigenvalue weighted by atomic mass is 31.2. The van der Waals surface area contributed by atoms with Gasteiger partial charge in [-0.05, 0) is 0 Å². The van der Waals surface area contributed by atoms with Crippen LogP contribution in [0.2, 0.25) is 0 Å². The number of nitrogens with zero attached hydrogens (tertiary/aromatic N) is 1. The number of hydrogen-bond donors (Lipinski definition) is 5. The van der Waals surface area contributed by atoms with Crippen LogP contribution >= 0.6 is 15.2 Å². The third-order valence-corrected chi connectivity index (χ3v) is 5.34. The van der Waals surface area contributed by atoms with E-state index in [1.807, 2.05) is 0 Å². The highest BCUT2D eigenvalue weighted by Gasteiger charge is 2.50. The second kappa shape index (κ2) is 3.86. The summed E-state index contributed by atoms with van der Waals surface area (Å²) in [5, 5.41) is 2.19. The Balaban J connectivity index is 3.08. The summed E-state index contributed by atoms with van der Waals surface area (Å²) in [6.07, 6.45) is 0. The third kappa shape index (κ3) is 2.78. The summed E-state index contributed by atoms with van der Waals surface area (Å²) in [6, 6.07) is -0.897. The van der Waals surface area contributed by atoms with Gasteiger partial charge in [-0.15, -0.1) is 0 Å². The Hall–Kier alpha value is -0.430. The van der Waals surface area contributed by atoms with Crippen LogP contribution in [0.5, 0.6) is 0 Å². The molecule has 1 saturated heterocycles. The fourth-order valence-corrected chi connectivity index (χ4v) is 4.00. The second-order valence-electron chi connectivity index (χ2n) is 2.95. The van der Waals surface area contributed by atoms with Crippen molar-refractivity contribution in [3.05, 3.63) is 0 Å². The van der Waals surface area contributed by atoms with Gasteiger partial charge in [-0.25, -0.2) is 4.79 Å². The first-order valence-corrected chi connectivity index (χ1v) is 7.15. The zero-order valence-electron chi connectivity index (χ0n) is 7.35. The lowest BCUT2D eigenvalue weighted by Gasteiger charge is -2.27. The lowest BCUT2D eigenvalue weighted by atomic mass is 10.7. The van der Waals surface area contributed by atoms with Crippen molar-refractivity contribution in [2.24, 2.45) is 0 Å². The average molecular weight is 260 g/mol. The Kier molecular flexibility index (Phi) is 3.25. The van der Waals surface area contributed by atoms with E-state index in [1.54, 1.807) is 0 Å². The van der Waals surface area contributed by atoms with Crippen LogP contribution in [0.15, 0.2) is 0 Å². The maximum absolute atomic E-state index is 11.0. The number of hydrogen-bond acceptors (Lipinski definition) is 3. The lowest BCUT2D eigenvalue weighted by molar-refractivity contribution is 0.207. The summed E-state index contributed by atoms with van der Waals surface area (Å²) in [7, 11) is -10.2. The predicted molar refractivity (Wildman–Crippen MR) is 48.0 cm³/mol. The Labute approximate surface area is 84.4 Å². The quantitative estimate of drug-likeness (QED) is 0.394. The highest BCUT2D eigenvalue weighted by molar-refractivity contribution is 7.70. The molecule has 0 aromatic heterocycles. The van der Waals surface area contributed by atoms with Crippen molar-refractivity contribution < 1.29 is 33.5 Å². The zero-order valence-corrected chi connectivity index (χ0v) is 9.14. The molecule has 1 aliphatic heterocycles. The van der Waals surface area contributed by atoms with Crippen molar-refractivity contribution in [2.75, 3.05) is 13.1 Å². The van der Waals surface area contributed by atoms with Crippen molar-refractivity contribution in [1.82, 2.24) is 10.2 Å². The maximum Gasteiger partial charge on any atom is 0.360 e. The van der Waals surface area contributed by atoms with E-state index in [0.717, 1.165) is 0 Å². The van der Waals surface area contributed by atoms with Gasteiger partial charge in [-0.3, -0.25) is 14.0 Å². The van der Waals surface area contributed by atoms with Gasteiger partial charge in [0, 0.05) is 13.1 Å². The van der Waals surface area contributed by atoms with Gasteiger partial charge in [0.2, 0.25) is 5.52 Å². The molecule has 0 aromatic rings. The maximum atomic E-state index is 11.0. The molecule has 5 N–H and O–H groups in total. The van der Waals surface area contributed by atoms with Crippen molar-refractivity contribution in [3.8, 4) is 0 Å². The first-order valence-electron chi connectivity index (χ1n) is 3.79. The monoisotopic (exact) mass is 260 g/mol. The summed E-state index contributed by atoms with van der Waals surface area (Å²) < 4.78 is 21.8. The number of carbonyl (C=O) groups excluding carboxylic acids is 1. The van der Waals surface area contributed by atoms with Crippen LogP contribution in [0, 0.1) is 0 Å². The summed E-state index contributed by atoms with van der Waals surface area (Å²) in [4.78, 5) is 46.7. The van der Waals surface area contributed by atoms with E-state index in [1.165, 1.54) is 0 Å². The van der Waals surface area contributed by atoms with Crippen LogP contribution in [-0.4, -0.2) is 49.1 Å². The Bertz CT molecular complexity index is 336. The molecule has 0 radical (unpaired) electrons. The molecule has 0 unspecified atom stereocenters. The molecule has 15 heavy (non-hydrogen) atoms. The van der Waals surface area contributed by atoms with Gasteiger partial charge in [-0.2, -0.15) is 0 Å². The average Bonchev–Trinajstić information content (AvgIpc) is 2.30. The van der Waals surface area contributed by atoms with E-state index in [4.69, 9.17) is 19.6 Å². The Morgan fingerprint density at radius 2 is 1.67 bits per heavy atom. The van der Waals surface area contributed by atoms with Gasteiger partial charge in [0.15, 0.2) is 0 Å². The SMILES string of the molecule is O=C1NCCN1C(P(=O)(O)O)P(=O)(O)O. The molecule has 1 aliphatic rings. The van der Waals surface area contributed by atoms with Crippen molar-refractivity contribution in [1.29, 1.82) is 0 Å². The molecule has 0 spiro atoms. The molecule has 0 aromatic carbocycles. The molecule has 1 rings (SSSR count). The van der Waals surface area contributed by atoms with Gasteiger partial charge < -0.3 is 24.9 Å². The Morgan fingerprint density at radius 3 is 1.93 bits per heavy atom. The number of urea groups is 1. The van der Waals surface area contributed by atoms with E-state index < -0.39 is 26.7 Å². The zero-order chi connectivity index (χ0) is 11.9. The molecule has 0 bridgehead atoms. The van der Waals surface area contributed by atoms with E-state index in [-0.39, 0.29) is 13.1 Å². The van der Waals surface area contributed by atoms with Crippen LogP contribution in [0.4, 0.5) is 4.79 Å². The normalized spacial score (nSPS) is 18.5. The van der Waals surface area contributed by atoms with Crippen LogP contribution in [-0.2, 0) is 9.13 Å². The van der Waals surface area contributed by atoms with Crippen LogP contribution in [0.25, 0.3) is 0 Å². The summed E-state index contributed by atoms with van der Waals surface area (Å²) in [5.74, 6) is 0. The van der Waals surface area contributed by atoms with Crippen LogP contribution < -0.4 is 5.32 Å². The minimum Gasteiger partial charge on any atom is -0.336 e. The molecule has 0 saturated carbocycles. The molecular formula is C4H10N2O7P2. The van der Waals surface area contributed by atoms with Crippen LogP contribution in [0.3, 0.4) is 0 Å². The fraction of sp³-hybridized carbons (Fsp3) is 0.750. The highest BCUT2D eigenvalue weighted by Crippen LogP contribution is 2.61. The molecule has 0 atom stereocenters. The summed E-state index contributed by atoms with van der Waals surface area (Å²) >= 11 is 0. The van der Waals surface area contributed by atoms with E-state index in [2.05, 4.69) is 5.32 Å². The standard InChI is InChI=1S/C4H10N2O7P2/c7-3-5-1-2-6(3)4(14(8,9)10)15(11,12)13/h4H,1-2H2,(H,5,7)(H2,8,9,10)(H2,11,12,13). The molecule has 2 amide bonds. The smallest absolute Gasteiger partial charge is 0.336 e. The van der Waals surface area contributed by atoms with Gasteiger partial charge in [0.25, 0.3) is 0 Å². The predicted octanol–water partition coefficient (Wildman–Crippen LogP) is -1.35. The van der Waals surface area contributed by atoms with Crippen molar-refractivity contribution >= 4 is 21.2 Å². The molecule has 1 heterocycles.